The number of aryl methyl sites for hydroxylation is 1. The van der Waals surface area contributed by atoms with Crippen molar-refractivity contribution in [3.8, 4) is 0 Å². The number of rotatable bonds is 3. The number of nitrogens with zero attached hydrogens (tertiary/aromatic N) is 1. The molecule has 1 amide bonds. The number of carbonyl (C=O) groups is 1. The maximum atomic E-state index is 11.3. The van der Waals surface area contributed by atoms with Crippen molar-refractivity contribution in [3.05, 3.63) is 27.8 Å². The Morgan fingerprint density at radius 3 is 2.74 bits per heavy atom. The van der Waals surface area contributed by atoms with Crippen LogP contribution >= 0.6 is 0 Å². The number of amides is 1. The number of hydrogen-bond acceptors (Lipinski definition) is 5. The topological polar surface area (TPSA) is 96.3 Å². The summed E-state index contributed by atoms with van der Waals surface area (Å²) in [4.78, 5) is 22.0. The molecule has 2 aliphatic rings. The van der Waals surface area contributed by atoms with Crippen LogP contribution in [0.4, 0.5) is 17.1 Å². The van der Waals surface area contributed by atoms with Gasteiger partial charge in [0.25, 0.3) is 5.69 Å². The van der Waals surface area contributed by atoms with Gasteiger partial charge in [-0.1, -0.05) is 0 Å². The molecule has 7 nitrogen and oxygen atoms in total. The maximum Gasteiger partial charge on any atom is 0.294 e. The van der Waals surface area contributed by atoms with Gasteiger partial charge in [0.1, 0.15) is 5.69 Å². The summed E-state index contributed by atoms with van der Waals surface area (Å²) in [7, 11) is 0. The summed E-state index contributed by atoms with van der Waals surface area (Å²) in [6.07, 6.45) is 1.05. The van der Waals surface area contributed by atoms with E-state index in [1.165, 1.54) is 6.07 Å². The molecule has 0 spiro atoms. The largest absolute Gasteiger partial charge is 0.374 e. The van der Waals surface area contributed by atoms with Gasteiger partial charge in [-0.05, 0) is 18.1 Å². The van der Waals surface area contributed by atoms with E-state index in [0.717, 1.165) is 18.7 Å². The highest BCUT2D eigenvalue weighted by Gasteiger charge is 2.25. The molecule has 1 aromatic carbocycles. The van der Waals surface area contributed by atoms with E-state index < -0.39 is 4.92 Å². The zero-order valence-electron chi connectivity index (χ0n) is 10.2. The molecule has 0 saturated carbocycles. The minimum absolute atomic E-state index is 0.00727. The van der Waals surface area contributed by atoms with E-state index in [-0.39, 0.29) is 17.6 Å². The van der Waals surface area contributed by atoms with E-state index in [9.17, 15) is 14.9 Å². The highest BCUT2D eigenvalue weighted by atomic mass is 16.6. The molecule has 2 heterocycles. The predicted molar refractivity (Wildman–Crippen MR) is 70.3 cm³/mol. The Morgan fingerprint density at radius 2 is 2.11 bits per heavy atom. The molecule has 2 aliphatic heterocycles. The third-order valence-electron chi connectivity index (χ3n) is 3.45. The summed E-state index contributed by atoms with van der Waals surface area (Å²) in [6.45, 7) is 1.62. The molecule has 0 aromatic heterocycles. The first-order valence-corrected chi connectivity index (χ1v) is 6.22. The third kappa shape index (κ3) is 2.24. The van der Waals surface area contributed by atoms with Crippen LogP contribution in [-0.2, 0) is 11.2 Å². The quantitative estimate of drug-likeness (QED) is 0.554. The van der Waals surface area contributed by atoms with Crippen molar-refractivity contribution >= 4 is 23.0 Å². The molecule has 100 valence electrons. The van der Waals surface area contributed by atoms with Gasteiger partial charge in [-0.2, -0.15) is 0 Å². The molecular weight excluding hydrogens is 248 g/mol. The Morgan fingerprint density at radius 1 is 1.32 bits per heavy atom. The lowest BCUT2D eigenvalue weighted by Gasteiger charge is -2.29. The van der Waals surface area contributed by atoms with Crippen LogP contribution in [0.1, 0.15) is 12.0 Å². The first-order chi connectivity index (χ1) is 9.13. The second-order valence-electron chi connectivity index (χ2n) is 4.83. The Bertz CT molecular complexity index is 554. The Hall–Kier alpha value is -2.15. The normalized spacial score (nSPS) is 18.2. The van der Waals surface area contributed by atoms with E-state index in [2.05, 4.69) is 16.0 Å². The molecule has 19 heavy (non-hydrogen) atoms. The lowest BCUT2D eigenvalue weighted by molar-refractivity contribution is -0.383. The van der Waals surface area contributed by atoms with Crippen molar-refractivity contribution in [2.75, 3.05) is 23.7 Å². The average molecular weight is 262 g/mol. The predicted octanol–water partition coefficient (Wildman–Crippen LogP) is 0.863. The zero-order valence-corrected chi connectivity index (χ0v) is 10.2. The van der Waals surface area contributed by atoms with E-state index in [1.54, 1.807) is 6.07 Å². The van der Waals surface area contributed by atoms with Crippen molar-refractivity contribution in [3.63, 3.8) is 0 Å². The van der Waals surface area contributed by atoms with Crippen LogP contribution in [0.3, 0.4) is 0 Å². The molecule has 3 rings (SSSR count). The van der Waals surface area contributed by atoms with Gasteiger partial charge in [0.05, 0.1) is 16.7 Å². The molecule has 0 atom stereocenters. The van der Waals surface area contributed by atoms with Crippen molar-refractivity contribution in [1.29, 1.82) is 0 Å². The van der Waals surface area contributed by atoms with Crippen molar-refractivity contribution in [1.82, 2.24) is 5.32 Å². The van der Waals surface area contributed by atoms with Crippen LogP contribution < -0.4 is 16.0 Å². The van der Waals surface area contributed by atoms with Crippen molar-refractivity contribution in [2.45, 2.75) is 18.9 Å². The van der Waals surface area contributed by atoms with Gasteiger partial charge in [-0.3, -0.25) is 14.9 Å². The number of anilines is 2. The maximum absolute atomic E-state index is 11.3. The molecule has 0 unspecified atom stereocenters. The first kappa shape index (κ1) is 11.9. The number of nitro benzene ring substituents is 1. The van der Waals surface area contributed by atoms with E-state index in [4.69, 9.17) is 0 Å². The minimum Gasteiger partial charge on any atom is -0.374 e. The second-order valence-corrected chi connectivity index (χ2v) is 4.83. The molecule has 7 heteroatoms. The van der Waals surface area contributed by atoms with Gasteiger partial charge in [-0.15, -0.1) is 0 Å². The first-order valence-electron chi connectivity index (χ1n) is 6.22. The summed E-state index contributed by atoms with van der Waals surface area (Å²) in [5, 5.41) is 20.1. The van der Waals surface area contributed by atoms with Crippen LogP contribution in [0.25, 0.3) is 0 Å². The van der Waals surface area contributed by atoms with Gasteiger partial charge in [0, 0.05) is 25.6 Å². The highest BCUT2D eigenvalue weighted by Crippen LogP contribution is 2.34. The van der Waals surface area contributed by atoms with E-state index in [0.29, 0.717) is 24.2 Å². The number of carbonyl (C=O) groups excluding carboxylic acids is 1. The molecular formula is C12H14N4O3. The summed E-state index contributed by atoms with van der Waals surface area (Å²) < 4.78 is 0. The molecule has 1 saturated heterocycles. The SMILES string of the molecule is O=C1CCc2cc(NC3CNC3)c([N+](=O)[O-])cc2N1. The summed E-state index contributed by atoms with van der Waals surface area (Å²) in [5.74, 6) is -0.0919. The molecule has 1 aromatic rings. The minimum atomic E-state index is -0.421. The fraction of sp³-hybridized carbons (Fsp3) is 0.417. The number of nitrogens with one attached hydrogen (secondary N) is 3. The van der Waals surface area contributed by atoms with Gasteiger partial charge in [0.15, 0.2) is 0 Å². The Labute approximate surface area is 109 Å². The smallest absolute Gasteiger partial charge is 0.294 e. The van der Waals surface area contributed by atoms with Crippen LogP contribution in [-0.4, -0.2) is 30.0 Å². The molecule has 0 radical (unpaired) electrons. The highest BCUT2D eigenvalue weighted by molar-refractivity contribution is 5.95. The summed E-state index contributed by atoms with van der Waals surface area (Å²) in [5.41, 5.74) is 2.04. The molecule has 0 bridgehead atoms. The van der Waals surface area contributed by atoms with Crippen LogP contribution in [0, 0.1) is 10.1 Å². The number of benzene rings is 1. The van der Waals surface area contributed by atoms with Crippen molar-refractivity contribution in [2.24, 2.45) is 0 Å². The van der Waals surface area contributed by atoms with Gasteiger partial charge < -0.3 is 16.0 Å². The zero-order chi connectivity index (χ0) is 13.4. The molecule has 1 fully saturated rings. The molecule has 3 N–H and O–H groups in total. The lowest BCUT2D eigenvalue weighted by Crippen LogP contribution is -2.51. The van der Waals surface area contributed by atoms with Crippen LogP contribution in [0.15, 0.2) is 12.1 Å². The van der Waals surface area contributed by atoms with Gasteiger partial charge >= 0.3 is 0 Å². The summed E-state index contributed by atoms with van der Waals surface area (Å²) >= 11 is 0. The lowest BCUT2D eigenvalue weighted by atomic mass is 10.0. The summed E-state index contributed by atoms with van der Waals surface area (Å²) in [6, 6.07) is 3.46. The van der Waals surface area contributed by atoms with Crippen LogP contribution in [0.2, 0.25) is 0 Å². The fourth-order valence-corrected chi connectivity index (χ4v) is 2.29. The number of fused-ring (bicyclic) bond motifs is 1. The van der Waals surface area contributed by atoms with Gasteiger partial charge in [-0.25, -0.2) is 0 Å². The Balaban J connectivity index is 1.96. The van der Waals surface area contributed by atoms with E-state index in [1.807, 2.05) is 0 Å². The standard InChI is InChI=1S/C12H14N4O3/c17-12-2-1-7-3-10(14-8-5-13-6-8)11(16(18)19)4-9(7)15-12/h3-4,8,13-14H,1-2,5-6H2,(H,15,17). The molecule has 0 aliphatic carbocycles. The Kier molecular flexibility index (Phi) is 2.83. The monoisotopic (exact) mass is 262 g/mol. The van der Waals surface area contributed by atoms with Crippen LogP contribution in [0.5, 0.6) is 0 Å². The fourth-order valence-electron chi connectivity index (χ4n) is 2.29. The number of nitro groups is 1. The van der Waals surface area contributed by atoms with E-state index >= 15 is 0 Å². The van der Waals surface area contributed by atoms with Crippen molar-refractivity contribution < 1.29 is 9.72 Å². The van der Waals surface area contributed by atoms with Gasteiger partial charge in [0.2, 0.25) is 5.91 Å². The number of hydrogen-bond donors (Lipinski definition) is 3. The average Bonchev–Trinajstić information content (AvgIpc) is 2.32. The third-order valence-corrected chi connectivity index (χ3v) is 3.45. The second kappa shape index (κ2) is 4.51.